The minimum atomic E-state index is -0.482. The third kappa shape index (κ3) is 4.02. The molecular weight excluding hydrogens is 294 g/mol. The van der Waals surface area contributed by atoms with Gasteiger partial charge in [-0.05, 0) is 52.3 Å². The molecule has 1 aromatic carbocycles. The number of carbonyl (C=O) groups excluding carboxylic acids is 1. The van der Waals surface area contributed by atoms with Crippen LogP contribution in [-0.4, -0.2) is 18.2 Å². The Labute approximate surface area is 117 Å². The van der Waals surface area contributed by atoms with Gasteiger partial charge in [0.25, 0.3) is 0 Å². The standard InChI is InChI=1S/C14H20BrNO2/c1-6-16(13(17)18-14(3,4)5)12-9-11(15)8-7-10(12)2/h7-9H,6H2,1-5H3. The van der Waals surface area contributed by atoms with Gasteiger partial charge < -0.3 is 4.74 Å². The van der Waals surface area contributed by atoms with Gasteiger partial charge in [0.05, 0.1) is 5.69 Å². The molecule has 3 nitrogen and oxygen atoms in total. The van der Waals surface area contributed by atoms with Crippen LogP contribution in [-0.2, 0) is 4.74 Å². The first-order valence-electron chi connectivity index (χ1n) is 6.01. The number of benzene rings is 1. The molecule has 0 spiro atoms. The largest absolute Gasteiger partial charge is 0.443 e. The molecule has 0 N–H and O–H groups in total. The maximum Gasteiger partial charge on any atom is 0.414 e. The Kier molecular flexibility index (Phi) is 4.79. The van der Waals surface area contributed by atoms with Gasteiger partial charge in [-0.25, -0.2) is 4.79 Å². The third-order valence-corrected chi connectivity index (χ3v) is 2.89. The number of aryl methyl sites for hydroxylation is 1. The molecule has 4 heteroatoms. The number of halogens is 1. The van der Waals surface area contributed by atoms with Crippen LogP contribution in [0.15, 0.2) is 22.7 Å². The van der Waals surface area contributed by atoms with Crippen molar-refractivity contribution in [1.82, 2.24) is 0 Å². The van der Waals surface area contributed by atoms with Crippen molar-refractivity contribution in [2.75, 3.05) is 11.4 Å². The van der Waals surface area contributed by atoms with Crippen LogP contribution in [0.3, 0.4) is 0 Å². The van der Waals surface area contributed by atoms with Crippen LogP contribution >= 0.6 is 15.9 Å². The summed E-state index contributed by atoms with van der Waals surface area (Å²) in [4.78, 5) is 13.8. The van der Waals surface area contributed by atoms with Gasteiger partial charge in [0.2, 0.25) is 0 Å². The zero-order valence-electron chi connectivity index (χ0n) is 11.6. The molecule has 1 aromatic rings. The van der Waals surface area contributed by atoms with Crippen LogP contribution in [0.25, 0.3) is 0 Å². The predicted octanol–water partition coefficient (Wildman–Crippen LogP) is 4.52. The van der Waals surface area contributed by atoms with E-state index in [1.54, 1.807) is 4.90 Å². The fourth-order valence-corrected chi connectivity index (χ4v) is 1.94. The zero-order chi connectivity index (χ0) is 13.9. The third-order valence-electron chi connectivity index (χ3n) is 2.39. The molecule has 0 aliphatic heterocycles. The molecule has 100 valence electrons. The Morgan fingerprint density at radius 2 is 2.00 bits per heavy atom. The van der Waals surface area contributed by atoms with Gasteiger partial charge in [0, 0.05) is 11.0 Å². The van der Waals surface area contributed by atoms with E-state index in [1.165, 1.54) is 0 Å². The number of ether oxygens (including phenoxy) is 1. The summed E-state index contributed by atoms with van der Waals surface area (Å²) in [6.45, 7) is 10.1. The van der Waals surface area contributed by atoms with Crippen LogP contribution in [0, 0.1) is 6.92 Å². The number of hydrogen-bond donors (Lipinski definition) is 0. The van der Waals surface area contributed by atoms with Crippen molar-refractivity contribution < 1.29 is 9.53 Å². The van der Waals surface area contributed by atoms with Crippen LogP contribution in [0.4, 0.5) is 10.5 Å². The van der Waals surface area contributed by atoms with Crippen molar-refractivity contribution in [1.29, 1.82) is 0 Å². The van der Waals surface area contributed by atoms with Crippen LogP contribution in [0.1, 0.15) is 33.3 Å². The van der Waals surface area contributed by atoms with Crippen LogP contribution < -0.4 is 4.90 Å². The summed E-state index contributed by atoms with van der Waals surface area (Å²) < 4.78 is 6.36. The molecule has 0 atom stereocenters. The molecule has 0 saturated carbocycles. The molecule has 0 radical (unpaired) electrons. The van der Waals surface area contributed by atoms with Gasteiger partial charge in [-0.2, -0.15) is 0 Å². The molecule has 0 aromatic heterocycles. The van der Waals surface area contributed by atoms with Crippen LogP contribution in [0.5, 0.6) is 0 Å². The zero-order valence-corrected chi connectivity index (χ0v) is 13.2. The average molecular weight is 314 g/mol. The second kappa shape index (κ2) is 5.74. The lowest BCUT2D eigenvalue weighted by atomic mass is 10.2. The lowest BCUT2D eigenvalue weighted by Crippen LogP contribution is -2.37. The first-order chi connectivity index (χ1) is 8.24. The highest BCUT2D eigenvalue weighted by Gasteiger charge is 2.23. The fraction of sp³-hybridized carbons (Fsp3) is 0.500. The lowest BCUT2D eigenvalue weighted by molar-refractivity contribution is 0.0582. The average Bonchev–Trinajstić information content (AvgIpc) is 2.21. The minimum absolute atomic E-state index is 0.314. The van der Waals surface area contributed by atoms with Gasteiger partial charge in [0.15, 0.2) is 0 Å². The number of nitrogens with zero attached hydrogens (tertiary/aromatic N) is 1. The molecule has 0 unspecified atom stereocenters. The summed E-state index contributed by atoms with van der Waals surface area (Å²) in [6, 6.07) is 5.87. The summed E-state index contributed by atoms with van der Waals surface area (Å²) in [7, 11) is 0. The van der Waals surface area contributed by atoms with E-state index in [4.69, 9.17) is 4.74 Å². The molecule has 0 bridgehead atoms. The van der Waals surface area contributed by atoms with Crippen molar-refractivity contribution >= 4 is 27.7 Å². The van der Waals surface area contributed by atoms with Gasteiger partial charge in [-0.3, -0.25) is 4.90 Å². The van der Waals surface area contributed by atoms with E-state index in [2.05, 4.69) is 15.9 Å². The normalized spacial score (nSPS) is 11.2. The minimum Gasteiger partial charge on any atom is -0.443 e. The second-order valence-corrected chi connectivity index (χ2v) is 6.07. The van der Waals surface area contributed by atoms with E-state index >= 15 is 0 Å². The van der Waals surface area contributed by atoms with E-state index in [1.807, 2.05) is 52.8 Å². The Bertz CT molecular complexity index is 438. The number of amides is 1. The quantitative estimate of drug-likeness (QED) is 0.803. The van der Waals surface area contributed by atoms with Crippen molar-refractivity contribution in [3.63, 3.8) is 0 Å². The van der Waals surface area contributed by atoms with Crippen LogP contribution in [0.2, 0.25) is 0 Å². The summed E-state index contributed by atoms with van der Waals surface area (Å²) in [6.07, 6.45) is -0.314. The molecule has 1 rings (SSSR count). The van der Waals surface area contributed by atoms with Gasteiger partial charge in [-0.1, -0.05) is 22.0 Å². The summed E-state index contributed by atoms with van der Waals surface area (Å²) in [5.74, 6) is 0. The molecule has 0 fully saturated rings. The number of anilines is 1. The first-order valence-corrected chi connectivity index (χ1v) is 6.80. The fourth-order valence-electron chi connectivity index (χ4n) is 1.59. The molecule has 0 aliphatic rings. The Hall–Kier alpha value is -1.03. The Balaban J connectivity index is 3.02. The van der Waals surface area contributed by atoms with Gasteiger partial charge >= 0.3 is 6.09 Å². The van der Waals surface area contributed by atoms with Crippen molar-refractivity contribution in [2.45, 2.75) is 40.2 Å². The van der Waals surface area contributed by atoms with Crippen molar-refractivity contribution in [2.24, 2.45) is 0 Å². The van der Waals surface area contributed by atoms with E-state index < -0.39 is 5.60 Å². The summed E-state index contributed by atoms with van der Waals surface area (Å²) >= 11 is 3.43. The van der Waals surface area contributed by atoms with E-state index in [9.17, 15) is 4.79 Å². The number of hydrogen-bond acceptors (Lipinski definition) is 2. The van der Waals surface area contributed by atoms with E-state index in [-0.39, 0.29) is 6.09 Å². The molecular formula is C14H20BrNO2. The lowest BCUT2D eigenvalue weighted by Gasteiger charge is -2.27. The van der Waals surface area contributed by atoms with Crippen molar-refractivity contribution in [3.8, 4) is 0 Å². The SMILES string of the molecule is CCN(C(=O)OC(C)(C)C)c1cc(Br)ccc1C. The van der Waals surface area contributed by atoms with E-state index in [0.29, 0.717) is 6.54 Å². The molecule has 0 heterocycles. The first kappa shape index (κ1) is 15.0. The molecule has 1 amide bonds. The molecule has 18 heavy (non-hydrogen) atoms. The monoisotopic (exact) mass is 313 g/mol. The second-order valence-electron chi connectivity index (χ2n) is 5.16. The molecule has 0 aliphatic carbocycles. The predicted molar refractivity (Wildman–Crippen MR) is 78.1 cm³/mol. The molecule has 0 saturated heterocycles. The maximum absolute atomic E-state index is 12.1. The van der Waals surface area contributed by atoms with E-state index in [0.717, 1.165) is 15.7 Å². The smallest absolute Gasteiger partial charge is 0.414 e. The summed E-state index contributed by atoms with van der Waals surface area (Å²) in [5, 5.41) is 0. The number of carbonyl (C=O) groups is 1. The topological polar surface area (TPSA) is 29.5 Å². The summed E-state index contributed by atoms with van der Waals surface area (Å²) in [5.41, 5.74) is 1.44. The highest BCUT2D eigenvalue weighted by Crippen LogP contribution is 2.26. The highest BCUT2D eigenvalue weighted by molar-refractivity contribution is 9.10. The Morgan fingerprint density at radius 1 is 1.39 bits per heavy atom. The number of rotatable bonds is 2. The highest BCUT2D eigenvalue weighted by atomic mass is 79.9. The van der Waals surface area contributed by atoms with Crippen molar-refractivity contribution in [3.05, 3.63) is 28.2 Å². The maximum atomic E-state index is 12.1. The Morgan fingerprint density at radius 3 is 2.50 bits per heavy atom. The van der Waals surface area contributed by atoms with Gasteiger partial charge in [-0.15, -0.1) is 0 Å². The van der Waals surface area contributed by atoms with Gasteiger partial charge in [0.1, 0.15) is 5.60 Å².